The zero-order valence-electron chi connectivity index (χ0n) is 17.0. The highest BCUT2D eigenvalue weighted by molar-refractivity contribution is 5.99. The van der Waals surface area contributed by atoms with Gasteiger partial charge in [0.1, 0.15) is 11.3 Å². The molecule has 0 radical (unpaired) electrons. The summed E-state index contributed by atoms with van der Waals surface area (Å²) in [5.74, 6) is -0.495. The van der Waals surface area contributed by atoms with Crippen molar-refractivity contribution < 1.29 is 19.4 Å². The van der Waals surface area contributed by atoms with Gasteiger partial charge in [0.2, 0.25) is 5.75 Å². The number of benzene rings is 2. The lowest BCUT2D eigenvalue weighted by molar-refractivity contribution is -0.394. The molecule has 0 aliphatic rings. The molecule has 0 saturated heterocycles. The zero-order chi connectivity index (χ0) is 21.9. The van der Waals surface area contributed by atoms with Crippen LogP contribution in [-0.2, 0) is 0 Å². The van der Waals surface area contributed by atoms with E-state index in [-0.39, 0.29) is 17.4 Å². The molecule has 0 spiro atoms. The summed E-state index contributed by atoms with van der Waals surface area (Å²) < 4.78 is 5.69. The minimum absolute atomic E-state index is 0.166. The van der Waals surface area contributed by atoms with Crippen LogP contribution in [0.25, 0.3) is 0 Å². The van der Waals surface area contributed by atoms with Crippen molar-refractivity contribution in [2.45, 2.75) is 40.2 Å². The van der Waals surface area contributed by atoms with Gasteiger partial charge >= 0.3 is 5.69 Å². The molecule has 9 nitrogen and oxygen atoms in total. The number of nitrogens with zero attached hydrogens (tertiary/aromatic N) is 3. The van der Waals surface area contributed by atoms with E-state index < -0.39 is 27.1 Å². The average molecular weight is 401 g/mol. The highest BCUT2D eigenvalue weighted by atomic mass is 16.6. The molecule has 0 aliphatic heterocycles. The van der Waals surface area contributed by atoms with Crippen molar-refractivity contribution in [2.24, 2.45) is 0 Å². The van der Waals surface area contributed by atoms with Gasteiger partial charge in [-0.2, -0.15) is 0 Å². The molecule has 1 atom stereocenters. The maximum absolute atomic E-state index is 12.9. The van der Waals surface area contributed by atoms with Crippen molar-refractivity contribution in [1.82, 2.24) is 4.90 Å². The summed E-state index contributed by atoms with van der Waals surface area (Å²) in [5, 5.41) is 23.0. The van der Waals surface area contributed by atoms with Gasteiger partial charge in [-0.3, -0.25) is 25.0 Å². The Morgan fingerprint density at radius 1 is 1.03 bits per heavy atom. The number of hydrogen-bond donors (Lipinski definition) is 0. The van der Waals surface area contributed by atoms with Crippen LogP contribution in [0.15, 0.2) is 30.3 Å². The lowest BCUT2D eigenvalue weighted by Gasteiger charge is -2.23. The summed E-state index contributed by atoms with van der Waals surface area (Å²) in [5.41, 5.74) is 0.292. The number of aryl methyl sites for hydroxylation is 2. The zero-order valence-corrected chi connectivity index (χ0v) is 17.0. The molecule has 2 rings (SSSR count). The minimum Gasteiger partial charge on any atom is -0.450 e. The quantitative estimate of drug-likeness (QED) is 0.487. The van der Waals surface area contributed by atoms with Crippen molar-refractivity contribution in [3.63, 3.8) is 0 Å². The summed E-state index contributed by atoms with van der Waals surface area (Å²) in [7, 11) is 1.53. The van der Waals surface area contributed by atoms with Crippen molar-refractivity contribution in [2.75, 3.05) is 7.05 Å². The van der Waals surface area contributed by atoms with E-state index in [4.69, 9.17) is 4.74 Å². The van der Waals surface area contributed by atoms with Gasteiger partial charge in [0.05, 0.1) is 15.9 Å². The first kappa shape index (κ1) is 21.8. The second-order valence-electron chi connectivity index (χ2n) is 6.95. The van der Waals surface area contributed by atoms with Crippen LogP contribution in [0, 0.1) is 34.1 Å². The first-order valence-electron chi connectivity index (χ1n) is 9.05. The molecule has 0 bridgehead atoms. The molecule has 29 heavy (non-hydrogen) atoms. The Hall–Kier alpha value is -3.49. The molecule has 0 N–H and O–H groups in total. The minimum atomic E-state index is -0.800. The van der Waals surface area contributed by atoms with Gasteiger partial charge in [-0.25, -0.2) is 0 Å². The first-order chi connectivity index (χ1) is 13.5. The molecule has 9 heteroatoms. The molecule has 0 unspecified atom stereocenters. The van der Waals surface area contributed by atoms with E-state index in [1.807, 2.05) is 33.8 Å². The summed E-state index contributed by atoms with van der Waals surface area (Å²) >= 11 is 0. The fourth-order valence-electron chi connectivity index (χ4n) is 2.89. The van der Waals surface area contributed by atoms with Gasteiger partial charge in [0, 0.05) is 19.2 Å². The van der Waals surface area contributed by atoms with Crippen molar-refractivity contribution >= 4 is 17.3 Å². The SMILES string of the molecule is CC[C@H](C)N(C)C(=O)c1cc(Oc2cc(C)cc(C)c2)c([N+](=O)[O-])cc1[N+](=O)[O-]. The largest absolute Gasteiger partial charge is 0.450 e. The molecule has 0 fully saturated rings. The second-order valence-corrected chi connectivity index (χ2v) is 6.95. The van der Waals surface area contributed by atoms with Crippen LogP contribution in [0.2, 0.25) is 0 Å². The van der Waals surface area contributed by atoms with Gasteiger partial charge in [-0.05, 0) is 50.5 Å². The Bertz CT molecular complexity index is 953. The fourth-order valence-corrected chi connectivity index (χ4v) is 2.89. The van der Waals surface area contributed by atoms with Crippen molar-refractivity contribution in [3.05, 3.63) is 67.3 Å². The summed E-state index contributed by atoms with van der Waals surface area (Å²) in [6.07, 6.45) is 0.648. The number of ether oxygens (including phenoxy) is 1. The average Bonchev–Trinajstić information content (AvgIpc) is 2.64. The van der Waals surface area contributed by atoms with Crippen LogP contribution >= 0.6 is 0 Å². The molecular formula is C20H23N3O6. The third-order valence-corrected chi connectivity index (χ3v) is 4.70. The van der Waals surface area contributed by atoms with E-state index in [2.05, 4.69) is 0 Å². The van der Waals surface area contributed by atoms with Crippen LogP contribution in [0.4, 0.5) is 11.4 Å². The highest BCUT2D eigenvalue weighted by Gasteiger charge is 2.31. The lowest BCUT2D eigenvalue weighted by atomic mass is 10.1. The van der Waals surface area contributed by atoms with Crippen molar-refractivity contribution in [3.8, 4) is 11.5 Å². The van der Waals surface area contributed by atoms with E-state index in [9.17, 15) is 25.0 Å². The number of nitro groups is 2. The number of carbonyl (C=O) groups excluding carboxylic acids is 1. The third-order valence-electron chi connectivity index (χ3n) is 4.70. The Kier molecular flexibility index (Phi) is 6.53. The number of amides is 1. The fraction of sp³-hybridized carbons (Fsp3) is 0.350. The smallest absolute Gasteiger partial charge is 0.318 e. The number of rotatable bonds is 7. The van der Waals surface area contributed by atoms with Crippen molar-refractivity contribution in [1.29, 1.82) is 0 Å². The molecule has 0 aromatic heterocycles. The van der Waals surface area contributed by atoms with E-state index in [0.717, 1.165) is 23.3 Å². The third kappa shape index (κ3) is 4.87. The van der Waals surface area contributed by atoms with Gasteiger partial charge in [0.25, 0.3) is 11.6 Å². The monoisotopic (exact) mass is 401 g/mol. The normalized spacial score (nSPS) is 11.6. The first-order valence-corrected chi connectivity index (χ1v) is 9.05. The summed E-state index contributed by atoms with van der Waals surface area (Å²) in [4.78, 5) is 35.7. The van der Waals surface area contributed by atoms with E-state index >= 15 is 0 Å². The molecule has 154 valence electrons. The number of nitro benzene ring substituents is 2. The molecule has 2 aromatic rings. The predicted octanol–water partition coefficient (Wildman–Crippen LogP) is 4.78. The second kappa shape index (κ2) is 8.68. The molecule has 0 saturated carbocycles. The molecule has 2 aromatic carbocycles. The molecule has 0 aliphatic carbocycles. The molecular weight excluding hydrogens is 378 g/mol. The van der Waals surface area contributed by atoms with Crippen LogP contribution in [-0.4, -0.2) is 33.7 Å². The molecule has 0 heterocycles. The summed E-state index contributed by atoms with van der Waals surface area (Å²) in [6.45, 7) is 7.38. The molecule has 1 amide bonds. The Balaban J connectivity index is 2.64. The summed E-state index contributed by atoms with van der Waals surface area (Å²) in [6, 6.07) is 6.97. The lowest BCUT2D eigenvalue weighted by Crippen LogP contribution is -2.35. The standard InChI is InChI=1S/C20H23N3O6/c1-6-14(4)21(5)20(24)16-10-19(18(23(27)28)11-17(16)22(25)26)29-15-8-12(2)7-13(3)9-15/h7-11,14H,6H2,1-5H3/t14-/m0/s1. The van der Waals surface area contributed by atoms with Gasteiger partial charge < -0.3 is 9.64 Å². The maximum Gasteiger partial charge on any atom is 0.318 e. The Morgan fingerprint density at radius 2 is 1.59 bits per heavy atom. The van der Waals surface area contributed by atoms with Crippen LogP contribution in [0.5, 0.6) is 11.5 Å². The number of carbonyl (C=O) groups is 1. The van der Waals surface area contributed by atoms with Crippen LogP contribution in [0.3, 0.4) is 0 Å². The van der Waals surface area contributed by atoms with Gasteiger partial charge in [0.15, 0.2) is 0 Å². The van der Waals surface area contributed by atoms with Crippen LogP contribution in [0.1, 0.15) is 41.8 Å². The maximum atomic E-state index is 12.9. The van der Waals surface area contributed by atoms with Gasteiger partial charge in [-0.15, -0.1) is 0 Å². The van der Waals surface area contributed by atoms with E-state index in [1.54, 1.807) is 12.1 Å². The topological polar surface area (TPSA) is 116 Å². The number of hydrogen-bond acceptors (Lipinski definition) is 6. The van der Waals surface area contributed by atoms with Crippen LogP contribution < -0.4 is 4.74 Å². The van der Waals surface area contributed by atoms with E-state index in [1.165, 1.54) is 11.9 Å². The van der Waals surface area contributed by atoms with E-state index in [0.29, 0.717) is 12.2 Å². The van der Waals surface area contributed by atoms with Gasteiger partial charge in [-0.1, -0.05) is 13.0 Å². The Labute approximate surface area is 168 Å². The highest BCUT2D eigenvalue weighted by Crippen LogP contribution is 2.38. The predicted molar refractivity (Wildman–Crippen MR) is 108 cm³/mol. The Morgan fingerprint density at radius 3 is 2.07 bits per heavy atom.